The second-order valence-corrected chi connectivity index (χ2v) is 6.45. The van der Waals surface area contributed by atoms with Crippen LogP contribution in [0.3, 0.4) is 0 Å². The molecule has 1 aromatic heterocycles. The number of piperazine rings is 1. The number of ether oxygens (including phenoxy) is 1. The monoisotopic (exact) mass is 304 g/mol. The molecule has 0 unspecified atom stereocenters. The average Bonchev–Trinajstić information content (AvgIpc) is 2.57. The lowest BCUT2D eigenvalue weighted by atomic mass is 10.1. The van der Waals surface area contributed by atoms with Crippen LogP contribution < -0.4 is 10.6 Å². The van der Waals surface area contributed by atoms with Crippen molar-refractivity contribution in [2.45, 2.75) is 38.0 Å². The Morgan fingerprint density at radius 1 is 1.09 bits per heavy atom. The molecule has 122 valence electrons. The van der Waals surface area contributed by atoms with E-state index in [1.807, 2.05) is 24.5 Å². The Kier molecular flexibility index (Phi) is 6.19. The average molecular weight is 304 g/mol. The SMILES string of the molecule is c1cc(COC[C@@H]2CNC[C@H](CN3CCCCC3)N2)ccn1. The molecule has 0 bridgehead atoms. The highest BCUT2D eigenvalue weighted by Gasteiger charge is 2.23. The third kappa shape index (κ3) is 5.02. The van der Waals surface area contributed by atoms with Gasteiger partial charge in [0.2, 0.25) is 0 Å². The number of likely N-dealkylation sites (tertiary alicyclic amines) is 1. The zero-order chi connectivity index (χ0) is 15.0. The van der Waals surface area contributed by atoms with Crippen LogP contribution in [0.5, 0.6) is 0 Å². The molecular weight excluding hydrogens is 276 g/mol. The molecule has 2 atom stereocenters. The fourth-order valence-electron chi connectivity index (χ4n) is 3.36. The fraction of sp³-hybridized carbons (Fsp3) is 0.706. The fourth-order valence-corrected chi connectivity index (χ4v) is 3.36. The van der Waals surface area contributed by atoms with Gasteiger partial charge in [0.25, 0.3) is 0 Å². The maximum Gasteiger partial charge on any atom is 0.0718 e. The first-order valence-electron chi connectivity index (χ1n) is 8.56. The highest BCUT2D eigenvalue weighted by Crippen LogP contribution is 2.10. The molecule has 2 aliphatic rings. The van der Waals surface area contributed by atoms with Gasteiger partial charge in [-0.1, -0.05) is 6.42 Å². The second-order valence-electron chi connectivity index (χ2n) is 6.45. The van der Waals surface area contributed by atoms with Crippen molar-refractivity contribution in [1.29, 1.82) is 0 Å². The van der Waals surface area contributed by atoms with E-state index in [-0.39, 0.29) is 0 Å². The number of aromatic nitrogens is 1. The third-order valence-electron chi connectivity index (χ3n) is 4.52. The van der Waals surface area contributed by atoms with Crippen LogP contribution >= 0.6 is 0 Å². The van der Waals surface area contributed by atoms with Gasteiger partial charge < -0.3 is 20.3 Å². The smallest absolute Gasteiger partial charge is 0.0718 e. The highest BCUT2D eigenvalue weighted by atomic mass is 16.5. The molecule has 3 heterocycles. The Morgan fingerprint density at radius 3 is 2.68 bits per heavy atom. The van der Waals surface area contributed by atoms with Crippen LogP contribution in [0.15, 0.2) is 24.5 Å². The van der Waals surface area contributed by atoms with Crippen LogP contribution in [0.4, 0.5) is 0 Å². The molecule has 0 radical (unpaired) electrons. The predicted octanol–water partition coefficient (Wildman–Crippen LogP) is 1.01. The quantitative estimate of drug-likeness (QED) is 0.821. The summed E-state index contributed by atoms with van der Waals surface area (Å²) in [4.78, 5) is 6.63. The largest absolute Gasteiger partial charge is 0.375 e. The van der Waals surface area contributed by atoms with E-state index in [0.717, 1.165) is 26.2 Å². The Labute approximate surface area is 133 Å². The van der Waals surface area contributed by atoms with Crippen molar-refractivity contribution in [3.63, 3.8) is 0 Å². The van der Waals surface area contributed by atoms with E-state index < -0.39 is 0 Å². The van der Waals surface area contributed by atoms with Gasteiger partial charge in [-0.15, -0.1) is 0 Å². The molecule has 0 amide bonds. The standard InChI is InChI=1S/C17H28N4O/c1-2-8-21(9-3-1)12-16-10-19-11-17(20-16)14-22-13-15-4-6-18-7-5-15/h4-7,16-17,19-20H,1-3,8-14H2/t16-,17+/m1/s1. The molecule has 2 aliphatic heterocycles. The highest BCUT2D eigenvalue weighted by molar-refractivity contribution is 5.07. The topological polar surface area (TPSA) is 49.4 Å². The third-order valence-corrected chi connectivity index (χ3v) is 4.52. The zero-order valence-electron chi connectivity index (χ0n) is 13.3. The molecule has 5 heteroatoms. The summed E-state index contributed by atoms with van der Waals surface area (Å²) in [7, 11) is 0. The van der Waals surface area contributed by atoms with Crippen molar-refractivity contribution in [2.75, 3.05) is 39.3 Å². The predicted molar refractivity (Wildman–Crippen MR) is 87.8 cm³/mol. The van der Waals surface area contributed by atoms with E-state index in [1.54, 1.807) is 0 Å². The summed E-state index contributed by atoms with van der Waals surface area (Å²) in [6.45, 7) is 7.17. The van der Waals surface area contributed by atoms with Crippen molar-refractivity contribution in [3.8, 4) is 0 Å². The summed E-state index contributed by atoms with van der Waals surface area (Å²) < 4.78 is 5.85. The molecule has 2 fully saturated rings. The first kappa shape index (κ1) is 15.9. The number of nitrogens with one attached hydrogen (secondary N) is 2. The summed E-state index contributed by atoms with van der Waals surface area (Å²) in [5, 5.41) is 7.29. The van der Waals surface area contributed by atoms with E-state index in [2.05, 4.69) is 20.5 Å². The van der Waals surface area contributed by atoms with Crippen molar-refractivity contribution in [1.82, 2.24) is 20.5 Å². The Hall–Kier alpha value is -1.01. The molecule has 2 saturated heterocycles. The van der Waals surface area contributed by atoms with Crippen LogP contribution in [-0.4, -0.2) is 61.3 Å². The summed E-state index contributed by atoms with van der Waals surface area (Å²) in [6.07, 6.45) is 7.75. The van der Waals surface area contributed by atoms with Gasteiger partial charge in [-0.3, -0.25) is 4.98 Å². The normalized spacial score (nSPS) is 26.9. The van der Waals surface area contributed by atoms with Crippen LogP contribution in [0.25, 0.3) is 0 Å². The van der Waals surface area contributed by atoms with Crippen molar-refractivity contribution in [2.24, 2.45) is 0 Å². The van der Waals surface area contributed by atoms with Crippen molar-refractivity contribution in [3.05, 3.63) is 30.1 Å². The van der Waals surface area contributed by atoms with Crippen LogP contribution in [0.1, 0.15) is 24.8 Å². The van der Waals surface area contributed by atoms with Gasteiger partial charge in [-0.2, -0.15) is 0 Å². The van der Waals surface area contributed by atoms with Gasteiger partial charge >= 0.3 is 0 Å². The lowest BCUT2D eigenvalue weighted by Crippen LogP contribution is -2.60. The van der Waals surface area contributed by atoms with Gasteiger partial charge in [-0.05, 0) is 43.6 Å². The lowest BCUT2D eigenvalue weighted by Gasteiger charge is -2.36. The molecule has 0 spiro atoms. The molecule has 2 N–H and O–H groups in total. The van der Waals surface area contributed by atoms with E-state index >= 15 is 0 Å². The first-order chi connectivity index (χ1) is 10.9. The molecule has 0 aliphatic carbocycles. The minimum Gasteiger partial charge on any atom is -0.375 e. The molecule has 22 heavy (non-hydrogen) atoms. The number of hydrogen-bond donors (Lipinski definition) is 2. The minimum absolute atomic E-state index is 0.408. The summed E-state index contributed by atoms with van der Waals surface area (Å²) >= 11 is 0. The second kappa shape index (κ2) is 8.58. The Bertz CT molecular complexity index is 422. The Morgan fingerprint density at radius 2 is 1.86 bits per heavy atom. The van der Waals surface area contributed by atoms with Gasteiger partial charge in [-0.25, -0.2) is 0 Å². The van der Waals surface area contributed by atoms with Gasteiger partial charge in [0.05, 0.1) is 13.2 Å². The van der Waals surface area contributed by atoms with Gasteiger partial charge in [0.15, 0.2) is 0 Å². The maximum atomic E-state index is 5.85. The van der Waals surface area contributed by atoms with Crippen LogP contribution in [0.2, 0.25) is 0 Å². The van der Waals surface area contributed by atoms with E-state index in [0.29, 0.717) is 18.7 Å². The molecule has 1 aromatic rings. The number of pyridine rings is 1. The molecule has 5 nitrogen and oxygen atoms in total. The maximum absolute atomic E-state index is 5.85. The van der Waals surface area contributed by atoms with E-state index in [4.69, 9.17) is 4.74 Å². The number of hydrogen-bond acceptors (Lipinski definition) is 5. The van der Waals surface area contributed by atoms with Crippen LogP contribution in [-0.2, 0) is 11.3 Å². The molecular formula is C17H28N4O. The summed E-state index contributed by atoms with van der Waals surface area (Å²) in [6, 6.07) is 4.96. The first-order valence-corrected chi connectivity index (χ1v) is 8.56. The molecule has 0 saturated carbocycles. The van der Waals surface area contributed by atoms with E-state index in [9.17, 15) is 0 Å². The van der Waals surface area contributed by atoms with Crippen LogP contribution in [0, 0.1) is 0 Å². The summed E-state index contributed by atoms with van der Waals surface area (Å²) in [5.74, 6) is 0. The van der Waals surface area contributed by atoms with Crippen molar-refractivity contribution < 1.29 is 4.74 Å². The van der Waals surface area contributed by atoms with E-state index in [1.165, 1.54) is 37.9 Å². The lowest BCUT2D eigenvalue weighted by molar-refractivity contribution is 0.0832. The Balaban J connectivity index is 1.37. The minimum atomic E-state index is 0.408. The molecule has 0 aromatic carbocycles. The molecule has 3 rings (SSSR count). The van der Waals surface area contributed by atoms with Crippen molar-refractivity contribution >= 4 is 0 Å². The van der Waals surface area contributed by atoms with Gasteiger partial charge in [0.1, 0.15) is 0 Å². The number of nitrogens with zero attached hydrogens (tertiary/aromatic N) is 2. The number of rotatable bonds is 6. The van der Waals surface area contributed by atoms with Gasteiger partial charge in [0, 0.05) is 44.1 Å². The zero-order valence-corrected chi connectivity index (χ0v) is 13.3. The number of piperidine rings is 1. The summed E-state index contributed by atoms with van der Waals surface area (Å²) in [5.41, 5.74) is 1.18.